The molecule has 0 aliphatic heterocycles. The second-order valence-electron chi connectivity index (χ2n) is 4.98. The molecular weight excluding hydrogens is 308 g/mol. The lowest BCUT2D eigenvalue weighted by molar-refractivity contribution is 0.0520. The molecule has 0 heterocycles. The topological polar surface area (TPSA) is 61.8 Å². The van der Waals surface area contributed by atoms with E-state index in [1.807, 2.05) is 6.92 Å². The molecule has 0 saturated carbocycles. The Kier molecular flexibility index (Phi) is 6.37. The molecule has 2 aromatic rings. The minimum absolute atomic E-state index is 0.173. The Morgan fingerprint density at radius 2 is 1.62 bits per heavy atom. The van der Waals surface area contributed by atoms with Crippen LogP contribution in [0.1, 0.15) is 41.0 Å². The summed E-state index contributed by atoms with van der Waals surface area (Å²) in [5, 5.41) is 0. The summed E-state index contributed by atoms with van der Waals surface area (Å²) >= 11 is 0. The van der Waals surface area contributed by atoms with Crippen LogP contribution in [0.5, 0.6) is 11.5 Å². The standard InChI is InChI=1S/C19H20O5/c1-3-13-23-15-11-9-14(10-12-15)18(20)24-17-8-6-5-7-16(17)19(21)22-4-2/h5-12H,3-4,13H2,1-2H3. The fraction of sp³-hybridized carbons (Fsp3) is 0.263. The molecule has 0 aliphatic carbocycles. The Hall–Kier alpha value is -2.82. The molecule has 0 N–H and O–H groups in total. The zero-order valence-electron chi connectivity index (χ0n) is 13.8. The van der Waals surface area contributed by atoms with Gasteiger partial charge in [0.1, 0.15) is 17.1 Å². The molecule has 0 unspecified atom stereocenters. The van der Waals surface area contributed by atoms with E-state index >= 15 is 0 Å². The Morgan fingerprint density at radius 3 is 2.29 bits per heavy atom. The average molecular weight is 328 g/mol. The Balaban J connectivity index is 2.11. The SMILES string of the molecule is CCCOc1ccc(C(=O)Oc2ccccc2C(=O)OCC)cc1. The van der Waals surface area contributed by atoms with Crippen molar-refractivity contribution >= 4 is 11.9 Å². The molecule has 2 aromatic carbocycles. The predicted molar refractivity (Wildman–Crippen MR) is 89.6 cm³/mol. The molecule has 126 valence electrons. The van der Waals surface area contributed by atoms with Crippen molar-refractivity contribution < 1.29 is 23.8 Å². The monoisotopic (exact) mass is 328 g/mol. The Bertz CT molecular complexity index is 691. The lowest BCUT2D eigenvalue weighted by Gasteiger charge is -2.10. The van der Waals surface area contributed by atoms with E-state index in [4.69, 9.17) is 14.2 Å². The first-order chi connectivity index (χ1) is 11.7. The van der Waals surface area contributed by atoms with Crippen molar-refractivity contribution in [1.82, 2.24) is 0 Å². The summed E-state index contributed by atoms with van der Waals surface area (Å²) in [6.45, 7) is 4.61. The molecule has 0 fully saturated rings. The third-order valence-electron chi connectivity index (χ3n) is 3.15. The van der Waals surface area contributed by atoms with Crippen LogP contribution in [0.25, 0.3) is 0 Å². The maximum Gasteiger partial charge on any atom is 0.343 e. The third-order valence-corrected chi connectivity index (χ3v) is 3.15. The highest BCUT2D eigenvalue weighted by Crippen LogP contribution is 2.21. The Morgan fingerprint density at radius 1 is 0.917 bits per heavy atom. The average Bonchev–Trinajstić information content (AvgIpc) is 2.61. The van der Waals surface area contributed by atoms with Gasteiger partial charge >= 0.3 is 11.9 Å². The number of esters is 2. The van der Waals surface area contributed by atoms with E-state index in [0.29, 0.717) is 17.9 Å². The summed E-state index contributed by atoms with van der Waals surface area (Å²) in [4.78, 5) is 24.2. The molecular formula is C19H20O5. The first-order valence-electron chi connectivity index (χ1n) is 7.87. The van der Waals surface area contributed by atoms with Crippen LogP contribution in [0, 0.1) is 0 Å². The molecule has 5 heteroatoms. The number of hydrogen-bond donors (Lipinski definition) is 0. The van der Waals surface area contributed by atoms with E-state index in [0.717, 1.165) is 6.42 Å². The summed E-state index contributed by atoms with van der Waals surface area (Å²) in [6, 6.07) is 13.2. The van der Waals surface area contributed by atoms with E-state index in [2.05, 4.69) is 0 Å². The minimum atomic E-state index is -0.547. The molecule has 0 saturated heterocycles. The lowest BCUT2D eigenvalue weighted by atomic mass is 10.2. The predicted octanol–water partition coefficient (Wildman–Crippen LogP) is 3.87. The van der Waals surface area contributed by atoms with Gasteiger partial charge in [-0.05, 0) is 49.7 Å². The summed E-state index contributed by atoms with van der Waals surface area (Å²) < 4.78 is 15.8. The van der Waals surface area contributed by atoms with Gasteiger partial charge in [-0.15, -0.1) is 0 Å². The molecule has 0 aliphatic rings. The van der Waals surface area contributed by atoms with Crippen molar-refractivity contribution in [3.8, 4) is 11.5 Å². The van der Waals surface area contributed by atoms with Crippen LogP contribution in [0.2, 0.25) is 0 Å². The zero-order chi connectivity index (χ0) is 17.4. The van der Waals surface area contributed by atoms with Crippen LogP contribution in [0.4, 0.5) is 0 Å². The van der Waals surface area contributed by atoms with E-state index in [1.54, 1.807) is 55.5 Å². The number of para-hydroxylation sites is 1. The maximum atomic E-state index is 12.3. The third kappa shape index (κ3) is 4.59. The van der Waals surface area contributed by atoms with E-state index in [9.17, 15) is 9.59 Å². The smallest absolute Gasteiger partial charge is 0.343 e. The Labute approximate surface area is 141 Å². The van der Waals surface area contributed by atoms with Crippen molar-refractivity contribution in [2.75, 3.05) is 13.2 Å². The minimum Gasteiger partial charge on any atom is -0.494 e. The molecule has 2 rings (SSSR count). The summed E-state index contributed by atoms with van der Waals surface area (Å²) in [6.07, 6.45) is 0.911. The second-order valence-corrected chi connectivity index (χ2v) is 4.98. The van der Waals surface area contributed by atoms with Crippen molar-refractivity contribution in [2.45, 2.75) is 20.3 Å². The van der Waals surface area contributed by atoms with E-state index < -0.39 is 11.9 Å². The fourth-order valence-corrected chi connectivity index (χ4v) is 2.00. The van der Waals surface area contributed by atoms with Gasteiger partial charge in [-0.3, -0.25) is 0 Å². The number of benzene rings is 2. The number of carbonyl (C=O) groups excluding carboxylic acids is 2. The molecule has 5 nitrogen and oxygen atoms in total. The van der Waals surface area contributed by atoms with Gasteiger partial charge in [0.2, 0.25) is 0 Å². The van der Waals surface area contributed by atoms with Gasteiger partial charge in [-0.2, -0.15) is 0 Å². The van der Waals surface area contributed by atoms with Crippen molar-refractivity contribution in [3.63, 3.8) is 0 Å². The second kappa shape index (κ2) is 8.72. The molecule has 0 atom stereocenters. The van der Waals surface area contributed by atoms with Crippen molar-refractivity contribution in [3.05, 3.63) is 59.7 Å². The quantitative estimate of drug-likeness (QED) is 0.570. The van der Waals surface area contributed by atoms with Crippen LogP contribution >= 0.6 is 0 Å². The van der Waals surface area contributed by atoms with Crippen LogP contribution in [-0.4, -0.2) is 25.2 Å². The highest BCUT2D eigenvalue weighted by molar-refractivity contribution is 5.96. The number of hydrogen-bond acceptors (Lipinski definition) is 5. The molecule has 0 bridgehead atoms. The van der Waals surface area contributed by atoms with Gasteiger partial charge in [-0.1, -0.05) is 19.1 Å². The van der Waals surface area contributed by atoms with Crippen LogP contribution in [-0.2, 0) is 4.74 Å². The van der Waals surface area contributed by atoms with Gasteiger partial charge in [0.25, 0.3) is 0 Å². The van der Waals surface area contributed by atoms with Gasteiger partial charge in [0, 0.05) is 0 Å². The first-order valence-corrected chi connectivity index (χ1v) is 7.87. The zero-order valence-corrected chi connectivity index (χ0v) is 13.8. The normalized spacial score (nSPS) is 10.1. The summed E-state index contributed by atoms with van der Waals surface area (Å²) in [5.74, 6) is -0.203. The van der Waals surface area contributed by atoms with Crippen LogP contribution in [0.3, 0.4) is 0 Å². The molecule has 24 heavy (non-hydrogen) atoms. The molecule has 0 spiro atoms. The van der Waals surface area contributed by atoms with Gasteiger partial charge in [0.15, 0.2) is 0 Å². The van der Waals surface area contributed by atoms with Crippen molar-refractivity contribution in [1.29, 1.82) is 0 Å². The van der Waals surface area contributed by atoms with Crippen LogP contribution in [0.15, 0.2) is 48.5 Å². The molecule has 0 aromatic heterocycles. The van der Waals surface area contributed by atoms with Gasteiger partial charge in [0.05, 0.1) is 18.8 Å². The van der Waals surface area contributed by atoms with Gasteiger partial charge < -0.3 is 14.2 Å². The number of carbonyl (C=O) groups is 2. The first kappa shape index (κ1) is 17.5. The number of ether oxygens (including phenoxy) is 3. The lowest BCUT2D eigenvalue weighted by Crippen LogP contribution is -2.13. The van der Waals surface area contributed by atoms with Crippen molar-refractivity contribution in [2.24, 2.45) is 0 Å². The molecule has 0 radical (unpaired) electrons. The largest absolute Gasteiger partial charge is 0.494 e. The number of rotatable bonds is 7. The maximum absolute atomic E-state index is 12.3. The van der Waals surface area contributed by atoms with Crippen LogP contribution < -0.4 is 9.47 Å². The summed E-state index contributed by atoms with van der Waals surface area (Å²) in [5.41, 5.74) is 0.591. The van der Waals surface area contributed by atoms with E-state index in [-0.39, 0.29) is 17.9 Å². The highest BCUT2D eigenvalue weighted by atomic mass is 16.5. The fourth-order valence-electron chi connectivity index (χ4n) is 2.00. The summed E-state index contributed by atoms with van der Waals surface area (Å²) in [7, 11) is 0. The van der Waals surface area contributed by atoms with E-state index in [1.165, 1.54) is 0 Å². The highest BCUT2D eigenvalue weighted by Gasteiger charge is 2.16. The molecule has 0 amide bonds. The van der Waals surface area contributed by atoms with Gasteiger partial charge in [-0.25, -0.2) is 9.59 Å².